The molecule has 0 saturated heterocycles. The van der Waals surface area contributed by atoms with Gasteiger partial charge in [0, 0.05) is 28.8 Å². The number of pyridine rings is 1. The first-order chi connectivity index (χ1) is 5.25. The molecule has 0 aromatic carbocycles. The summed E-state index contributed by atoms with van der Waals surface area (Å²) in [6, 6.07) is 2.39. The summed E-state index contributed by atoms with van der Waals surface area (Å²) < 4.78 is 1.05. The van der Waals surface area contributed by atoms with Crippen molar-refractivity contribution in [2.75, 3.05) is 0 Å². The molecule has 0 saturated carbocycles. The lowest BCUT2D eigenvalue weighted by Crippen LogP contribution is -2.19. The number of hydrogen-bond acceptors (Lipinski definition) is 2. The molecular formula is C8H9BrN2. The zero-order chi connectivity index (χ0) is 7.84. The van der Waals surface area contributed by atoms with Gasteiger partial charge in [0.25, 0.3) is 0 Å². The molecule has 2 N–H and O–H groups in total. The van der Waals surface area contributed by atoms with Crippen molar-refractivity contribution in [3.63, 3.8) is 0 Å². The highest BCUT2D eigenvalue weighted by Crippen LogP contribution is 2.21. The summed E-state index contributed by atoms with van der Waals surface area (Å²) in [7, 11) is 0. The van der Waals surface area contributed by atoms with Crippen LogP contribution in [0.1, 0.15) is 11.3 Å². The van der Waals surface area contributed by atoms with Crippen LogP contribution in [0.3, 0.4) is 0 Å². The molecule has 1 heterocycles. The molecule has 1 aromatic heterocycles. The van der Waals surface area contributed by atoms with E-state index in [2.05, 4.69) is 27.0 Å². The van der Waals surface area contributed by atoms with Gasteiger partial charge in [-0.2, -0.15) is 0 Å². The zero-order valence-corrected chi connectivity index (χ0v) is 7.63. The maximum absolute atomic E-state index is 5.78. The third-order valence-corrected chi connectivity index (χ3v) is 2.40. The summed E-state index contributed by atoms with van der Waals surface area (Å²) in [4.78, 5) is 4.28. The fraction of sp³-hybridized carbons (Fsp3) is 0.375. The zero-order valence-electron chi connectivity index (χ0n) is 6.05. The van der Waals surface area contributed by atoms with Crippen molar-refractivity contribution in [2.45, 2.75) is 18.9 Å². The highest BCUT2D eigenvalue weighted by molar-refractivity contribution is 9.10. The van der Waals surface area contributed by atoms with Crippen LogP contribution in [0.2, 0.25) is 0 Å². The van der Waals surface area contributed by atoms with Crippen molar-refractivity contribution in [1.82, 2.24) is 4.98 Å². The molecule has 2 rings (SSSR count). The first-order valence-electron chi connectivity index (χ1n) is 3.64. The van der Waals surface area contributed by atoms with Gasteiger partial charge in [-0.25, -0.2) is 0 Å². The minimum atomic E-state index is 0.284. The van der Waals surface area contributed by atoms with E-state index in [1.165, 1.54) is 11.3 Å². The predicted octanol–water partition coefficient (Wildman–Crippen LogP) is 1.27. The quantitative estimate of drug-likeness (QED) is 0.704. The Morgan fingerprint density at radius 2 is 2.36 bits per heavy atom. The van der Waals surface area contributed by atoms with Crippen LogP contribution >= 0.6 is 15.9 Å². The molecule has 1 aliphatic rings. The van der Waals surface area contributed by atoms with Crippen LogP contribution in [0.4, 0.5) is 0 Å². The second-order valence-corrected chi connectivity index (χ2v) is 3.84. The summed E-state index contributed by atoms with van der Waals surface area (Å²) in [6.45, 7) is 0. The highest BCUT2D eigenvalue weighted by Gasteiger charge is 2.18. The van der Waals surface area contributed by atoms with Gasteiger partial charge in [0.1, 0.15) is 0 Å². The molecule has 1 unspecified atom stereocenters. The molecule has 1 atom stereocenters. The third kappa shape index (κ3) is 1.30. The molecular weight excluding hydrogens is 204 g/mol. The standard InChI is InChI=1S/C8H9BrN2/c9-6-1-5-2-7(10)3-8(5)11-4-6/h1,4,7H,2-3,10H2. The summed E-state index contributed by atoms with van der Waals surface area (Å²) in [5.41, 5.74) is 8.25. The second kappa shape index (κ2) is 2.57. The van der Waals surface area contributed by atoms with Gasteiger partial charge in [-0.3, -0.25) is 4.98 Å². The Labute approximate surface area is 73.9 Å². The summed E-state index contributed by atoms with van der Waals surface area (Å²) in [6.07, 6.45) is 3.74. The molecule has 0 radical (unpaired) electrons. The Hall–Kier alpha value is -0.410. The lowest BCUT2D eigenvalue weighted by molar-refractivity contribution is 0.716. The number of rotatable bonds is 0. The summed E-state index contributed by atoms with van der Waals surface area (Å²) >= 11 is 3.38. The fourth-order valence-electron chi connectivity index (χ4n) is 1.47. The number of hydrogen-bond donors (Lipinski definition) is 1. The van der Waals surface area contributed by atoms with Crippen LogP contribution < -0.4 is 5.73 Å². The molecule has 2 nitrogen and oxygen atoms in total. The van der Waals surface area contributed by atoms with Crippen molar-refractivity contribution in [3.8, 4) is 0 Å². The minimum Gasteiger partial charge on any atom is -0.327 e. The Balaban J connectivity index is 2.43. The van der Waals surface area contributed by atoms with Gasteiger partial charge in [-0.15, -0.1) is 0 Å². The largest absolute Gasteiger partial charge is 0.327 e. The van der Waals surface area contributed by atoms with E-state index in [1.54, 1.807) is 0 Å². The first kappa shape index (κ1) is 7.25. The van der Waals surface area contributed by atoms with Gasteiger partial charge >= 0.3 is 0 Å². The van der Waals surface area contributed by atoms with Crippen molar-refractivity contribution < 1.29 is 0 Å². The van der Waals surface area contributed by atoms with E-state index in [9.17, 15) is 0 Å². The fourth-order valence-corrected chi connectivity index (χ4v) is 1.85. The third-order valence-electron chi connectivity index (χ3n) is 1.96. The van der Waals surface area contributed by atoms with E-state index in [0.717, 1.165) is 17.3 Å². The van der Waals surface area contributed by atoms with Crippen molar-refractivity contribution in [2.24, 2.45) is 5.73 Å². The number of nitrogens with two attached hydrogens (primary N) is 1. The van der Waals surface area contributed by atoms with Gasteiger partial charge in [0.05, 0.1) is 0 Å². The van der Waals surface area contributed by atoms with E-state index in [4.69, 9.17) is 5.73 Å². The predicted molar refractivity (Wildman–Crippen MR) is 47.3 cm³/mol. The lowest BCUT2D eigenvalue weighted by Gasteiger charge is -1.95. The topological polar surface area (TPSA) is 38.9 Å². The van der Waals surface area contributed by atoms with Gasteiger partial charge in [-0.1, -0.05) is 0 Å². The van der Waals surface area contributed by atoms with Crippen LogP contribution in [0.15, 0.2) is 16.7 Å². The number of fused-ring (bicyclic) bond motifs is 1. The monoisotopic (exact) mass is 212 g/mol. The molecule has 1 aromatic rings. The van der Waals surface area contributed by atoms with Crippen LogP contribution in [0.5, 0.6) is 0 Å². The summed E-state index contributed by atoms with van der Waals surface area (Å²) in [5.74, 6) is 0. The van der Waals surface area contributed by atoms with Crippen molar-refractivity contribution in [3.05, 3.63) is 28.0 Å². The number of halogens is 1. The van der Waals surface area contributed by atoms with E-state index in [1.807, 2.05) is 6.20 Å². The average Bonchev–Trinajstić information content (AvgIpc) is 2.27. The number of nitrogens with zero attached hydrogens (tertiary/aromatic N) is 1. The molecule has 0 spiro atoms. The molecule has 11 heavy (non-hydrogen) atoms. The maximum atomic E-state index is 5.78. The normalized spacial score (nSPS) is 21.8. The van der Waals surface area contributed by atoms with E-state index >= 15 is 0 Å². The highest BCUT2D eigenvalue weighted by atomic mass is 79.9. The second-order valence-electron chi connectivity index (χ2n) is 2.93. The van der Waals surface area contributed by atoms with Crippen molar-refractivity contribution >= 4 is 15.9 Å². The first-order valence-corrected chi connectivity index (χ1v) is 4.44. The Kier molecular flexibility index (Phi) is 1.69. The van der Waals surface area contributed by atoms with Crippen molar-refractivity contribution in [1.29, 1.82) is 0 Å². The van der Waals surface area contributed by atoms with E-state index in [-0.39, 0.29) is 6.04 Å². The lowest BCUT2D eigenvalue weighted by atomic mass is 10.2. The van der Waals surface area contributed by atoms with Gasteiger partial charge in [0.2, 0.25) is 0 Å². The molecule has 1 aliphatic carbocycles. The van der Waals surface area contributed by atoms with Crippen LogP contribution in [-0.2, 0) is 12.8 Å². The summed E-state index contributed by atoms with van der Waals surface area (Å²) in [5, 5.41) is 0. The van der Waals surface area contributed by atoms with Gasteiger partial charge in [0.15, 0.2) is 0 Å². The molecule has 0 fully saturated rings. The Bertz CT molecular complexity index is 285. The molecule has 3 heteroatoms. The number of aromatic nitrogens is 1. The Morgan fingerprint density at radius 3 is 3.18 bits per heavy atom. The Morgan fingerprint density at radius 1 is 1.55 bits per heavy atom. The van der Waals surface area contributed by atoms with Gasteiger partial charge in [-0.05, 0) is 34.0 Å². The minimum absolute atomic E-state index is 0.284. The molecule has 0 amide bonds. The van der Waals surface area contributed by atoms with E-state index in [0.29, 0.717) is 0 Å². The SMILES string of the molecule is NC1Cc2cc(Br)cnc2C1. The van der Waals surface area contributed by atoms with Crippen LogP contribution in [0, 0.1) is 0 Å². The molecule has 58 valence electrons. The molecule has 0 bridgehead atoms. The van der Waals surface area contributed by atoms with Gasteiger partial charge < -0.3 is 5.73 Å². The van der Waals surface area contributed by atoms with Crippen LogP contribution in [-0.4, -0.2) is 11.0 Å². The van der Waals surface area contributed by atoms with Crippen LogP contribution in [0.25, 0.3) is 0 Å². The smallest absolute Gasteiger partial charge is 0.0452 e. The van der Waals surface area contributed by atoms with E-state index < -0.39 is 0 Å². The average molecular weight is 213 g/mol. The maximum Gasteiger partial charge on any atom is 0.0452 e. The molecule has 0 aliphatic heterocycles.